The van der Waals surface area contributed by atoms with Crippen molar-refractivity contribution in [2.24, 2.45) is 5.41 Å². The second-order valence-corrected chi connectivity index (χ2v) is 7.41. The molecule has 102 valence electrons. The SMILES string of the molecule is COC(=O)C(=C1SCCS1)N(C)C(=O)C(C)(C)C. The zero-order valence-electron chi connectivity index (χ0n) is 11.4. The van der Waals surface area contributed by atoms with Crippen LogP contribution in [0.15, 0.2) is 9.93 Å². The fourth-order valence-electron chi connectivity index (χ4n) is 1.51. The van der Waals surface area contributed by atoms with Gasteiger partial charge in [0.25, 0.3) is 0 Å². The van der Waals surface area contributed by atoms with Gasteiger partial charge in [0.15, 0.2) is 0 Å². The molecule has 1 aliphatic heterocycles. The van der Waals surface area contributed by atoms with E-state index in [1.807, 2.05) is 20.8 Å². The fraction of sp³-hybridized carbons (Fsp3) is 0.667. The minimum atomic E-state index is -0.525. The maximum atomic E-state index is 12.2. The fourth-order valence-corrected chi connectivity index (χ4v) is 4.09. The normalized spacial score (nSPS) is 15.5. The molecule has 18 heavy (non-hydrogen) atoms. The maximum Gasteiger partial charge on any atom is 0.356 e. The smallest absolute Gasteiger partial charge is 0.356 e. The van der Waals surface area contributed by atoms with Gasteiger partial charge in [-0.25, -0.2) is 4.79 Å². The molecule has 0 N–H and O–H groups in total. The molecule has 1 rings (SSSR count). The molecule has 0 bridgehead atoms. The number of hydrogen-bond acceptors (Lipinski definition) is 5. The van der Waals surface area contributed by atoms with Crippen molar-refractivity contribution in [2.75, 3.05) is 25.7 Å². The van der Waals surface area contributed by atoms with E-state index in [9.17, 15) is 9.59 Å². The van der Waals surface area contributed by atoms with Gasteiger partial charge >= 0.3 is 5.97 Å². The number of hydrogen-bond donors (Lipinski definition) is 0. The van der Waals surface area contributed by atoms with Crippen LogP contribution in [0.1, 0.15) is 20.8 Å². The highest BCUT2D eigenvalue weighted by atomic mass is 32.2. The molecule has 0 aromatic carbocycles. The standard InChI is InChI=1S/C12H19NO3S2/c1-12(2,3)11(15)13(4)8(9(14)16-5)10-17-6-7-18-10/h6-7H2,1-5H3. The summed E-state index contributed by atoms with van der Waals surface area (Å²) in [6.45, 7) is 5.50. The zero-order valence-corrected chi connectivity index (χ0v) is 13.0. The van der Waals surface area contributed by atoms with E-state index in [4.69, 9.17) is 4.74 Å². The molecule has 0 atom stereocenters. The molecule has 1 fully saturated rings. The molecule has 0 spiro atoms. The first-order chi connectivity index (χ1) is 8.29. The van der Waals surface area contributed by atoms with E-state index >= 15 is 0 Å². The third-order valence-corrected chi connectivity index (χ3v) is 5.10. The van der Waals surface area contributed by atoms with Crippen LogP contribution in [0, 0.1) is 5.41 Å². The summed E-state index contributed by atoms with van der Waals surface area (Å²) in [7, 11) is 2.97. The Morgan fingerprint density at radius 2 is 1.72 bits per heavy atom. The van der Waals surface area contributed by atoms with Crippen molar-refractivity contribution in [3.63, 3.8) is 0 Å². The molecule has 0 saturated carbocycles. The Bertz CT molecular complexity index is 377. The van der Waals surface area contributed by atoms with Crippen molar-refractivity contribution in [3.05, 3.63) is 9.93 Å². The number of amides is 1. The van der Waals surface area contributed by atoms with E-state index in [2.05, 4.69) is 0 Å². The highest BCUT2D eigenvalue weighted by molar-refractivity contribution is 8.25. The van der Waals surface area contributed by atoms with Gasteiger partial charge in [0.05, 0.1) is 11.3 Å². The number of methoxy groups -OCH3 is 1. The number of carbonyl (C=O) groups excluding carboxylic acids is 2. The first kappa shape index (κ1) is 15.4. The second-order valence-electron chi connectivity index (χ2n) is 4.94. The Balaban J connectivity index is 3.09. The number of rotatable bonds is 2. The van der Waals surface area contributed by atoms with Crippen LogP contribution >= 0.6 is 23.5 Å². The monoisotopic (exact) mass is 289 g/mol. The van der Waals surface area contributed by atoms with Crippen molar-refractivity contribution in [2.45, 2.75) is 20.8 Å². The molecular weight excluding hydrogens is 270 g/mol. The molecule has 1 aliphatic rings. The van der Waals surface area contributed by atoms with Gasteiger partial charge in [-0.1, -0.05) is 20.8 Å². The minimum Gasteiger partial charge on any atom is -0.464 e. The topological polar surface area (TPSA) is 46.6 Å². The highest BCUT2D eigenvalue weighted by Crippen LogP contribution is 2.40. The molecular formula is C12H19NO3S2. The van der Waals surface area contributed by atoms with Crippen LogP contribution in [0.3, 0.4) is 0 Å². The molecule has 1 heterocycles. The molecule has 0 aliphatic carbocycles. The molecule has 0 aromatic heterocycles. The van der Waals surface area contributed by atoms with E-state index in [-0.39, 0.29) is 5.91 Å². The summed E-state index contributed by atoms with van der Waals surface area (Å²) in [6, 6.07) is 0. The average molecular weight is 289 g/mol. The quantitative estimate of drug-likeness (QED) is 0.576. The summed E-state index contributed by atoms with van der Waals surface area (Å²) < 4.78 is 5.67. The lowest BCUT2D eigenvalue weighted by Crippen LogP contribution is -2.38. The molecule has 0 unspecified atom stereocenters. The Labute approximate surface area is 117 Å². The van der Waals surface area contributed by atoms with Crippen molar-refractivity contribution in [1.82, 2.24) is 4.90 Å². The largest absolute Gasteiger partial charge is 0.464 e. The van der Waals surface area contributed by atoms with Gasteiger partial charge in [-0.2, -0.15) is 0 Å². The Kier molecular flexibility index (Phi) is 5.16. The lowest BCUT2D eigenvalue weighted by Gasteiger charge is -2.27. The predicted octanol–water partition coefficient (Wildman–Crippen LogP) is 2.31. The summed E-state index contributed by atoms with van der Waals surface area (Å²) in [6.07, 6.45) is 0. The summed E-state index contributed by atoms with van der Waals surface area (Å²) >= 11 is 3.20. The van der Waals surface area contributed by atoms with Gasteiger partial charge in [0.2, 0.25) is 5.91 Å². The van der Waals surface area contributed by atoms with Gasteiger partial charge < -0.3 is 9.64 Å². The van der Waals surface area contributed by atoms with Gasteiger partial charge in [0.1, 0.15) is 5.70 Å². The van der Waals surface area contributed by atoms with Gasteiger partial charge in [0, 0.05) is 24.0 Å². The summed E-state index contributed by atoms with van der Waals surface area (Å²) in [5, 5.41) is 0. The van der Waals surface area contributed by atoms with Crippen LogP contribution in [0.4, 0.5) is 0 Å². The third kappa shape index (κ3) is 3.45. The molecule has 1 saturated heterocycles. The van der Waals surface area contributed by atoms with Crippen molar-refractivity contribution < 1.29 is 14.3 Å². The third-order valence-electron chi connectivity index (χ3n) is 2.40. The predicted molar refractivity (Wildman–Crippen MR) is 76.2 cm³/mol. The number of thioether (sulfide) groups is 2. The Morgan fingerprint density at radius 1 is 1.22 bits per heavy atom. The van der Waals surface area contributed by atoms with Crippen LogP contribution in [0.25, 0.3) is 0 Å². The van der Waals surface area contributed by atoms with Crippen molar-refractivity contribution in [1.29, 1.82) is 0 Å². The van der Waals surface area contributed by atoms with Crippen molar-refractivity contribution in [3.8, 4) is 0 Å². The first-order valence-electron chi connectivity index (χ1n) is 5.65. The maximum absolute atomic E-state index is 12.2. The van der Waals surface area contributed by atoms with Crippen LogP contribution < -0.4 is 0 Å². The Hall–Kier alpha value is -0.620. The molecule has 6 heteroatoms. The first-order valence-corrected chi connectivity index (χ1v) is 7.62. The van der Waals surface area contributed by atoms with Gasteiger partial charge in [-0.15, -0.1) is 23.5 Å². The molecule has 1 amide bonds. The van der Waals surface area contributed by atoms with Crippen LogP contribution in [-0.2, 0) is 14.3 Å². The minimum absolute atomic E-state index is 0.0940. The number of esters is 1. The van der Waals surface area contributed by atoms with Gasteiger partial charge in [-0.3, -0.25) is 4.79 Å². The van der Waals surface area contributed by atoms with E-state index in [1.165, 1.54) is 12.0 Å². The van der Waals surface area contributed by atoms with E-state index in [0.29, 0.717) is 5.70 Å². The zero-order chi connectivity index (χ0) is 13.9. The average Bonchev–Trinajstić information content (AvgIpc) is 2.80. The lowest BCUT2D eigenvalue weighted by molar-refractivity contribution is -0.144. The Morgan fingerprint density at radius 3 is 2.11 bits per heavy atom. The van der Waals surface area contributed by atoms with E-state index in [0.717, 1.165) is 15.7 Å². The summed E-state index contributed by atoms with van der Waals surface area (Å²) in [5.74, 6) is 1.37. The highest BCUT2D eigenvalue weighted by Gasteiger charge is 2.33. The van der Waals surface area contributed by atoms with E-state index < -0.39 is 11.4 Å². The van der Waals surface area contributed by atoms with Crippen LogP contribution in [0.2, 0.25) is 0 Å². The molecule has 0 radical (unpaired) electrons. The molecule has 0 aromatic rings. The number of nitrogens with zero attached hydrogens (tertiary/aromatic N) is 1. The van der Waals surface area contributed by atoms with Crippen molar-refractivity contribution >= 4 is 35.4 Å². The van der Waals surface area contributed by atoms with Crippen LogP contribution in [-0.4, -0.2) is 42.4 Å². The second kappa shape index (κ2) is 6.02. The van der Waals surface area contributed by atoms with Crippen LogP contribution in [0.5, 0.6) is 0 Å². The number of ether oxygens (including phenoxy) is 1. The summed E-state index contributed by atoms with van der Waals surface area (Å²) in [4.78, 5) is 25.5. The number of carbonyl (C=O) groups is 2. The summed E-state index contributed by atoms with van der Waals surface area (Å²) in [5.41, 5.74) is -0.160. The lowest BCUT2D eigenvalue weighted by atomic mass is 9.95. The number of likely N-dealkylation sites (N-methyl/N-ethyl adjacent to an activating group) is 1. The van der Waals surface area contributed by atoms with Gasteiger partial charge in [-0.05, 0) is 0 Å². The van der Waals surface area contributed by atoms with E-state index in [1.54, 1.807) is 30.6 Å². The molecule has 4 nitrogen and oxygen atoms in total.